The number of halogens is 3. The van der Waals surface area contributed by atoms with Crippen LogP contribution in [0.15, 0.2) is 109 Å². The van der Waals surface area contributed by atoms with Crippen molar-refractivity contribution in [1.82, 2.24) is 4.90 Å². The summed E-state index contributed by atoms with van der Waals surface area (Å²) in [5.41, 5.74) is 2.97. The van der Waals surface area contributed by atoms with Crippen LogP contribution in [0.4, 0.5) is 0 Å². The maximum atomic E-state index is 14.0. The number of imide groups is 1. The highest BCUT2D eigenvalue weighted by molar-refractivity contribution is 6.76. The number of carbonyl (C=O) groups is 2. The maximum absolute atomic E-state index is 14.0. The largest absolute Gasteiger partial charge is 0.497 e. The Morgan fingerprint density at radius 2 is 1.24 bits per heavy atom. The minimum Gasteiger partial charge on any atom is -0.497 e. The van der Waals surface area contributed by atoms with Gasteiger partial charge in [0.25, 0.3) is 15.6 Å². The molecule has 0 spiro atoms. The van der Waals surface area contributed by atoms with Crippen LogP contribution in [0, 0.1) is 5.41 Å². The molecule has 2 aliphatic heterocycles. The summed E-state index contributed by atoms with van der Waals surface area (Å²) in [6, 6.07) is 31.5. The lowest BCUT2D eigenvalue weighted by Gasteiger charge is -2.48. The molecule has 13 heteroatoms. The third-order valence-corrected chi connectivity index (χ3v) is 9.03. The summed E-state index contributed by atoms with van der Waals surface area (Å²) in [6.45, 7) is 0.387. The van der Waals surface area contributed by atoms with Crippen LogP contribution in [0.1, 0.15) is 37.4 Å². The van der Waals surface area contributed by atoms with Gasteiger partial charge in [0, 0.05) is 0 Å². The van der Waals surface area contributed by atoms with Gasteiger partial charge in [0.05, 0.1) is 44.7 Å². The van der Waals surface area contributed by atoms with Crippen LogP contribution in [0.2, 0.25) is 0 Å². The van der Waals surface area contributed by atoms with Crippen LogP contribution in [-0.2, 0) is 43.5 Å². The molecule has 0 unspecified atom stereocenters. The first kappa shape index (κ1) is 36.8. The smallest absolute Gasteiger partial charge is 0.265 e. The first-order valence-corrected chi connectivity index (χ1v) is 17.2. The maximum Gasteiger partial charge on any atom is 0.265 e. The molecule has 0 radical (unpaired) electrons. The Labute approximate surface area is 310 Å². The second kappa shape index (κ2) is 16.6. The van der Waals surface area contributed by atoms with Crippen molar-refractivity contribution >= 4 is 52.5 Å². The third kappa shape index (κ3) is 8.73. The molecule has 2 amide bonds. The van der Waals surface area contributed by atoms with Gasteiger partial charge in [-0.1, -0.05) is 120 Å². The van der Waals surface area contributed by atoms with E-state index in [1.165, 1.54) is 0 Å². The second-order valence-electron chi connectivity index (χ2n) is 11.9. The number of rotatable bonds is 13. The van der Waals surface area contributed by atoms with Crippen LogP contribution < -0.4 is 4.74 Å². The van der Waals surface area contributed by atoms with Crippen molar-refractivity contribution in [1.29, 1.82) is 5.41 Å². The molecule has 1 N–H and O–H groups in total. The number of hydrogen-bond acceptors (Lipinski definition) is 9. The Morgan fingerprint density at radius 1 is 0.725 bits per heavy atom. The third-order valence-electron chi connectivity index (χ3n) is 8.51. The van der Waals surface area contributed by atoms with Crippen molar-refractivity contribution in [3.8, 4) is 5.75 Å². The summed E-state index contributed by atoms with van der Waals surface area (Å²) < 4.78 is 34.8. The molecule has 0 saturated carbocycles. The number of hydrogen-bond donors (Lipinski definition) is 1. The molecule has 0 aliphatic carbocycles. The fourth-order valence-corrected chi connectivity index (χ4v) is 6.13. The summed E-state index contributed by atoms with van der Waals surface area (Å²) >= 11 is 18.2. The summed E-state index contributed by atoms with van der Waals surface area (Å²) in [7, 11) is 1.59. The first-order chi connectivity index (χ1) is 24.6. The molecule has 51 heavy (non-hydrogen) atoms. The van der Waals surface area contributed by atoms with E-state index in [0.29, 0.717) is 5.75 Å². The van der Waals surface area contributed by atoms with Gasteiger partial charge in [-0.05, 0) is 41.0 Å². The van der Waals surface area contributed by atoms with Gasteiger partial charge >= 0.3 is 0 Å². The van der Waals surface area contributed by atoms with E-state index in [1.807, 2.05) is 84.9 Å². The molecular weight excluding hydrogens is 719 g/mol. The predicted octanol–water partition coefficient (Wildman–Crippen LogP) is 7.14. The number of alkyl halides is 3. The standard InChI is InChI=1S/C38H35Cl3N2O8/c1-46-27-18-16-26(17-19-27)20-47-23-30-32(48-21-24-10-4-2-5-11-24)33(49-22-25-12-6-3-7-13-25)31(36(50-30)51-37(42)38(39,40)41)43-34(44)28-14-8-9-15-29(28)35(43)45/h2-19,30-33,36,42H,20-23H2,1H3/t30-,31-,32-,33-,36+/m1/s1. The monoisotopic (exact) mass is 752 g/mol. The number of amides is 2. The Morgan fingerprint density at radius 3 is 1.76 bits per heavy atom. The van der Waals surface area contributed by atoms with Crippen molar-refractivity contribution < 1.29 is 38.0 Å². The van der Waals surface area contributed by atoms with Crippen LogP contribution in [0.5, 0.6) is 5.75 Å². The highest BCUT2D eigenvalue weighted by atomic mass is 35.6. The molecular formula is C38H35Cl3N2O8. The minimum atomic E-state index is -2.28. The average molecular weight is 754 g/mol. The normalized spacial score (nSPS) is 21.7. The van der Waals surface area contributed by atoms with E-state index in [0.717, 1.165) is 21.6 Å². The molecule has 0 bridgehead atoms. The van der Waals surface area contributed by atoms with Gasteiger partial charge in [-0.3, -0.25) is 19.9 Å². The number of nitrogens with one attached hydrogen (secondary N) is 1. The quantitative estimate of drug-likeness (QED) is 0.0664. The molecule has 4 aromatic carbocycles. The van der Waals surface area contributed by atoms with Gasteiger partial charge in [-0.15, -0.1) is 0 Å². The van der Waals surface area contributed by atoms with Gasteiger partial charge in [-0.25, -0.2) is 0 Å². The van der Waals surface area contributed by atoms with Gasteiger partial charge in [0.1, 0.15) is 30.1 Å². The molecule has 1 saturated heterocycles. The Balaban J connectivity index is 1.39. The average Bonchev–Trinajstić information content (AvgIpc) is 3.39. The van der Waals surface area contributed by atoms with E-state index in [2.05, 4.69) is 0 Å². The van der Waals surface area contributed by atoms with Crippen molar-refractivity contribution in [2.24, 2.45) is 0 Å². The lowest BCUT2D eigenvalue weighted by molar-refractivity contribution is -0.282. The van der Waals surface area contributed by atoms with Crippen LogP contribution in [0.25, 0.3) is 0 Å². The molecule has 2 aliphatic rings. The molecule has 1 fully saturated rings. The van der Waals surface area contributed by atoms with Crippen LogP contribution in [0.3, 0.4) is 0 Å². The number of ether oxygens (including phenoxy) is 6. The SMILES string of the molecule is COc1ccc(COC[C@H]2O[C@@H](OC(=N)C(Cl)(Cl)Cl)[C@H](N3C(=O)c4ccccc4C3=O)[C@@H](OCc3ccccc3)[C@@H]2OCc2ccccc2)cc1. The molecule has 0 aromatic heterocycles. The minimum absolute atomic E-state index is 0.0352. The summed E-state index contributed by atoms with van der Waals surface area (Å²) in [5, 5.41) is 8.46. The molecule has 5 atom stereocenters. The highest BCUT2D eigenvalue weighted by Crippen LogP contribution is 2.38. The first-order valence-electron chi connectivity index (χ1n) is 16.1. The number of carbonyl (C=O) groups excluding carboxylic acids is 2. The van der Waals surface area contributed by atoms with E-state index in [-0.39, 0.29) is 37.6 Å². The fraction of sp³-hybridized carbons (Fsp3) is 0.289. The zero-order valence-corrected chi connectivity index (χ0v) is 29.7. The predicted molar refractivity (Wildman–Crippen MR) is 191 cm³/mol. The number of fused-ring (bicyclic) bond motifs is 1. The summed E-state index contributed by atoms with van der Waals surface area (Å²) in [5.74, 6) is -1.26. The second-order valence-corrected chi connectivity index (χ2v) is 14.2. The van der Waals surface area contributed by atoms with Gasteiger partial charge in [0.15, 0.2) is 0 Å². The molecule has 4 aromatic rings. The van der Waals surface area contributed by atoms with Crippen molar-refractivity contribution in [2.45, 2.75) is 54.3 Å². The van der Waals surface area contributed by atoms with E-state index < -0.39 is 52.1 Å². The zero-order valence-electron chi connectivity index (χ0n) is 27.5. The van der Waals surface area contributed by atoms with Gasteiger partial charge in [-0.2, -0.15) is 0 Å². The summed E-state index contributed by atoms with van der Waals surface area (Å²) in [6.07, 6.45) is -4.44. The van der Waals surface area contributed by atoms with Crippen LogP contribution in [-0.4, -0.2) is 70.8 Å². The van der Waals surface area contributed by atoms with Crippen molar-refractivity contribution in [3.63, 3.8) is 0 Å². The van der Waals surface area contributed by atoms with E-state index in [9.17, 15) is 9.59 Å². The summed E-state index contributed by atoms with van der Waals surface area (Å²) in [4.78, 5) is 29.1. The number of benzene rings is 4. The number of methoxy groups -OCH3 is 1. The lowest BCUT2D eigenvalue weighted by Crippen LogP contribution is -2.67. The lowest BCUT2D eigenvalue weighted by atomic mass is 9.94. The Hall–Kier alpha value is -4.00. The zero-order chi connectivity index (χ0) is 36.0. The molecule has 266 valence electrons. The van der Waals surface area contributed by atoms with E-state index in [1.54, 1.807) is 31.4 Å². The van der Waals surface area contributed by atoms with Crippen LogP contribution >= 0.6 is 34.8 Å². The van der Waals surface area contributed by atoms with Gasteiger partial charge < -0.3 is 28.4 Å². The topological polar surface area (TPSA) is 117 Å². The Bertz CT molecular complexity index is 1770. The van der Waals surface area contributed by atoms with E-state index in [4.69, 9.17) is 68.6 Å². The number of nitrogens with zero attached hydrogens (tertiary/aromatic N) is 1. The van der Waals surface area contributed by atoms with Gasteiger partial charge in [0.2, 0.25) is 12.2 Å². The van der Waals surface area contributed by atoms with Crippen molar-refractivity contribution in [2.75, 3.05) is 13.7 Å². The van der Waals surface area contributed by atoms with E-state index >= 15 is 0 Å². The Kier molecular flexibility index (Phi) is 11.9. The highest BCUT2D eigenvalue weighted by Gasteiger charge is 2.56. The van der Waals surface area contributed by atoms with Crippen molar-refractivity contribution in [3.05, 3.63) is 137 Å². The molecule has 6 rings (SSSR count). The fourth-order valence-electron chi connectivity index (χ4n) is 6.00. The molecule has 10 nitrogen and oxygen atoms in total. The molecule has 2 heterocycles.